The minimum Gasteiger partial charge on any atom is -0.352 e. The molecule has 2 heterocycles. The standard InChI is InChI=1S/C18H14Cl2N4O2S2/c19-12-8-11(15(20)27-12)13-16(25)22-18(24-23-13)28-14(9-4-2-1-3-5-9)17(26)21-10-6-7-10/h1-5,8,10,14H,6-7H2,(H,21,26)(H,22,24,25)/t14-/m1/s1. The number of hydrogen-bond acceptors (Lipinski definition) is 6. The monoisotopic (exact) mass is 452 g/mol. The Morgan fingerprint density at radius 3 is 2.61 bits per heavy atom. The highest BCUT2D eigenvalue weighted by molar-refractivity contribution is 8.00. The van der Waals surface area contributed by atoms with Gasteiger partial charge in [0, 0.05) is 11.6 Å². The van der Waals surface area contributed by atoms with Crippen LogP contribution >= 0.6 is 46.3 Å². The zero-order valence-electron chi connectivity index (χ0n) is 14.3. The smallest absolute Gasteiger partial charge is 0.278 e. The number of carbonyl (C=O) groups is 1. The Hall–Kier alpha value is -1.87. The van der Waals surface area contributed by atoms with Crippen molar-refractivity contribution in [1.82, 2.24) is 20.5 Å². The second kappa shape index (κ2) is 8.24. The number of nitrogens with one attached hydrogen (secondary N) is 2. The molecule has 1 atom stereocenters. The van der Waals surface area contributed by atoms with Gasteiger partial charge in [0.05, 0.1) is 4.34 Å². The lowest BCUT2D eigenvalue weighted by molar-refractivity contribution is -0.120. The largest absolute Gasteiger partial charge is 0.352 e. The molecule has 1 amide bonds. The third kappa shape index (κ3) is 4.41. The first kappa shape index (κ1) is 19.4. The average Bonchev–Trinajstić information content (AvgIpc) is 3.42. The van der Waals surface area contributed by atoms with Gasteiger partial charge in [-0.2, -0.15) is 0 Å². The molecule has 2 aromatic heterocycles. The molecule has 1 aliphatic rings. The number of hydrogen-bond donors (Lipinski definition) is 2. The van der Waals surface area contributed by atoms with E-state index in [-0.39, 0.29) is 22.8 Å². The van der Waals surface area contributed by atoms with Crippen molar-refractivity contribution in [2.75, 3.05) is 0 Å². The molecule has 0 spiro atoms. The molecule has 144 valence electrons. The van der Waals surface area contributed by atoms with Crippen molar-refractivity contribution in [3.63, 3.8) is 0 Å². The highest BCUT2D eigenvalue weighted by Crippen LogP contribution is 2.37. The van der Waals surface area contributed by atoms with Gasteiger partial charge in [0.1, 0.15) is 9.59 Å². The second-order valence-corrected chi connectivity index (χ2v) is 9.62. The number of amides is 1. The van der Waals surface area contributed by atoms with E-state index in [1.165, 1.54) is 0 Å². The second-order valence-electron chi connectivity index (χ2n) is 6.24. The summed E-state index contributed by atoms with van der Waals surface area (Å²) < 4.78 is 0.830. The van der Waals surface area contributed by atoms with E-state index in [1.807, 2.05) is 30.3 Å². The predicted molar refractivity (Wildman–Crippen MR) is 112 cm³/mol. The van der Waals surface area contributed by atoms with Gasteiger partial charge in [0.25, 0.3) is 5.56 Å². The molecular weight excluding hydrogens is 439 g/mol. The molecule has 0 saturated heterocycles. The summed E-state index contributed by atoms with van der Waals surface area (Å²) in [6, 6.07) is 11.2. The van der Waals surface area contributed by atoms with Crippen molar-refractivity contribution in [1.29, 1.82) is 0 Å². The number of nitrogens with zero attached hydrogens (tertiary/aromatic N) is 2. The van der Waals surface area contributed by atoms with Gasteiger partial charge in [-0.1, -0.05) is 65.3 Å². The quantitative estimate of drug-likeness (QED) is 0.543. The van der Waals surface area contributed by atoms with Crippen molar-refractivity contribution >= 4 is 52.2 Å². The molecule has 3 aromatic rings. The molecule has 0 aliphatic heterocycles. The third-order valence-electron chi connectivity index (χ3n) is 4.08. The summed E-state index contributed by atoms with van der Waals surface area (Å²) in [6.07, 6.45) is 1.99. The summed E-state index contributed by atoms with van der Waals surface area (Å²) in [5.74, 6) is -0.113. The number of rotatable bonds is 6. The van der Waals surface area contributed by atoms with E-state index in [9.17, 15) is 9.59 Å². The Morgan fingerprint density at radius 1 is 1.25 bits per heavy atom. The molecule has 6 nitrogen and oxygen atoms in total. The van der Waals surface area contributed by atoms with Crippen LogP contribution in [-0.2, 0) is 4.79 Å². The minimum absolute atomic E-state index is 0.0937. The van der Waals surface area contributed by atoms with Crippen LogP contribution < -0.4 is 10.9 Å². The molecule has 1 fully saturated rings. The Kier molecular flexibility index (Phi) is 5.73. The normalized spacial score (nSPS) is 14.6. The summed E-state index contributed by atoms with van der Waals surface area (Å²) in [5.41, 5.74) is 0.914. The lowest BCUT2D eigenvalue weighted by atomic mass is 10.1. The van der Waals surface area contributed by atoms with Gasteiger partial charge in [0.2, 0.25) is 5.91 Å². The van der Waals surface area contributed by atoms with E-state index in [0.29, 0.717) is 14.2 Å². The van der Waals surface area contributed by atoms with Crippen LogP contribution in [0.5, 0.6) is 0 Å². The van der Waals surface area contributed by atoms with Crippen LogP contribution in [0.4, 0.5) is 0 Å². The molecule has 1 aromatic carbocycles. The van der Waals surface area contributed by atoms with Crippen molar-refractivity contribution < 1.29 is 4.79 Å². The third-order valence-corrected chi connectivity index (χ3v) is 6.70. The van der Waals surface area contributed by atoms with Gasteiger partial charge in [-0.3, -0.25) is 14.6 Å². The number of H-pyrrole nitrogens is 1. The lowest BCUT2D eigenvalue weighted by Gasteiger charge is -2.16. The number of carbonyl (C=O) groups excluding carboxylic acids is 1. The minimum atomic E-state index is -0.545. The molecule has 1 saturated carbocycles. The van der Waals surface area contributed by atoms with E-state index in [1.54, 1.807) is 6.07 Å². The average molecular weight is 453 g/mol. The van der Waals surface area contributed by atoms with E-state index < -0.39 is 10.8 Å². The molecule has 28 heavy (non-hydrogen) atoms. The van der Waals surface area contributed by atoms with Crippen LogP contribution in [0.3, 0.4) is 0 Å². The highest BCUT2D eigenvalue weighted by atomic mass is 35.5. The molecule has 2 N–H and O–H groups in total. The maximum atomic E-state index is 12.7. The molecule has 0 unspecified atom stereocenters. The number of benzene rings is 1. The van der Waals surface area contributed by atoms with Crippen molar-refractivity contribution in [3.8, 4) is 11.3 Å². The molecule has 0 radical (unpaired) electrons. The number of thiophene rings is 1. The fraction of sp³-hybridized carbons (Fsp3) is 0.222. The van der Waals surface area contributed by atoms with Crippen molar-refractivity contribution in [2.45, 2.75) is 29.3 Å². The fourth-order valence-corrected chi connectivity index (χ4v) is 4.97. The number of aromatic amines is 1. The molecule has 1 aliphatic carbocycles. The van der Waals surface area contributed by atoms with E-state index in [0.717, 1.165) is 41.5 Å². The first-order valence-corrected chi connectivity index (χ1v) is 10.9. The summed E-state index contributed by atoms with van der Waals surface area (Å²) in [4.78, 5) is 27.9. The first-order valence-electron chi connectivity index (χ1n) is 8.45. The summed E-state index contributed by atoms with van der Waals surface area (Å²) in [5, 5.41) is 10.8. The maximum Gasteiger partial charge on any atom is 0.278 e. The molecule has 4 rings (SSSR count). The van der Waals surface area contributed by atoms with Crippen LogP contribution in [-0.4, -0.2) is 27.1 Å². The van der Waals surface area contributed by atoms with Crippen LogP contribution in [0, 0.1) is 0 Å². The predicted octanol–water partition coefficient (Wildman–Crippen LogP) is 4.31. The van der Waals surface area contributed by atoms with Gasteiger partial charge < -0.3 is 5.32 Å². The fourth-order valence-electron chi connectivity index (χ4n) is 2.57. The van der Waals surface area contributed by atoms with Gasteiger partial charge in [-0.15, -0.1) is 21.5 Å². The number of thioether (sulfide) groups is 1. The summed E-state index contributed by atoms with van der Waals surface area (Å²) in [6.45, 7) is 0. The maximum absolute atomic E-state index is 12.7. The van der Waals surface area contributed by atoms with Crippen LogP contribution in [0.15, 0.2) is 46.3 Å². The van der Waals surface area contributed by atoms with Crippen molar-refractivity contribution in [3.05, 3.63) is 61.0 Å². The molecule has 0 bridgehead atoms. The Labute approximate surface area is 178 Å². The van der Waals surface area contributed by atoms with E-state index in [4.69, 9.17) is 23.2 Å². The molecule has 10 heteroatoms. The van der Waals surface area contributed by atoms with E-state index >= 15 is 0 Å². The SMILES string of the molecule is O=C(NC1CC1)[C@H](Sc1nnc(-c2cc(Cl)sc2Cl)c(=O)[nH]1)c1ccccc1. The lowest BCUT2D eigenvalue weighted by Crippen LogP contribution is -2.30. The van der Waals surface area contributed by atoms with Gasteiger partial charge in [0.15, 0.2) is 10.9 Å². The van der Waals surface area contributed by atoms with Crippen molar-refractivity contribution in [2.24, 2.45) is 0 Å². The number of aromatic nitrogens is 3. The Balaban J connectivity index is 1.61. The topological polar surface area (TPSA) is 87.7 Å². The van der Waals surface area contributed by atoms with Crippen LogP contribution in [0.2, 0.25) is 8.67 Å². The first-order chi connectivity index (χ1) is 13.5. The summed E-state index contributed by atoms with van der Waals surface area (Å²) >= 11 is 14.4. The Bertz CT molecular complexity index is 1070. The zero-order valence-corrected chi connectivity index (χ0v) is 17.5. The highest BCUT2D eigenvalue weighted by Gasteiger charge is 2.30. The zero-order chi connectivity index (χ0) is 19.7. The van der Waals surface area contributed by atoms with Gasteiger partial charge in [-0.25, -0.2) is 0 Å². The van der Waals surface area contributed by atoms with Crippen LogP contribution in [0.25, 0.3) is 11.3 Å². The molecular formula is C18H14Cl2N4O2S2. The Morgan fingerprint density at radius 2 is 2.00 bits per heavy atom. The van der Waals surface area contributed by atoms with E-state index in [2.05, 4.69) is 20.5 Å². The summed E-state index contributed by atoms with van der Waals surface area (Å²) in [7, 11) is 0. The number of halogens is 2. The van der Waals surface area contributed by atoms with Gasteiger partial charge in [-0.05, 0) is 24.5 Å². The van der Waals surface area contributed by atoms with Crippen LogP contribution in [0.1, 0.15) is 23.7 Å². The van der Waals surface area contributed by atoms with Gasteiger partial charge >= 0.3 is 0 Å².